The number of hydrogen-bond acceptors (Lipinski definition) is 4. The van der Waals surface area contributed by atoms with Crippen molar-refractivity contribution in [1.82, 2.24) is 10.6 Å². The number of hydrogen-bond donors (Lipinski definition) is 2. The molecule has 1 aromatic rings. The lowest BCUT2D eigenvalue weighted by Gasteiger charge is -2.26. The van der Waals surface area contributed by atoms with Gasteiger partial charge in [-0.15, -0.1) is 0 Å². The second kappa shape index (κ2) is 5.48. The molecule has 5 heteroatoms. The minimum Gasteiger partial charge on any atom is -0.486 e. The molecular formula is C14H18N2O3. The van der Waals surface area contributed by atoms with Gasteiger partial charge >= 0.3 is 0 Å². The van der Waals surface area contributed by atoms with Crippen molar-refractivity contribution in [3.63, 3.8) is 0 Å². The summed E-state index contributed by atoms with van der Waals surface area (Å²) in [7, 11) is 0. The number of fused-ring (bicyclic) bond motifs is 1. The van der Waals surface area contributed by atoms with Gasteiger partial charge in [-0.3, -0.25) is 4.79 Å². The molecule has 0 spiro atoms. The van der Waals surface area contributed by atoms with Crippen molar-refractivity contribution >= 4 is 5.91 Å². The Balaban J connectivity index is 1.50. The zero-order chi connectivity index (χ0) is 13.1. The summed E-state index contributed by atoms with van der Waals surface area (Å²) in [6.45, 7) is 1.87. The van der Waals surface area contributed by atoms with Gasteiger partial charge in [-0.25, -0.2) is 0 Å². The highest BCUT2D eigenvalue weighted by atomic mass is 16.6. The van der Waals surface area contributed by atoms with Gasteiger partial charge in [0.1, 0.15) is 12.7 Å². The summed E-state index contributed by atoms with van der Waals surface area (Å²) in [5.74, 6) is 1.56. The summed E-state index contributed by atoms with van der Waals surface area (Å²) in [6, 6.07) is 7.53. The molecule has 2 unspecified atom stereocenters. The maximum atomic E-state index is 11.9. The molecule has 1 amide bonds. The summed E-state index contributed by atoms with van der Waals surface area (Å²) in [5.41, 5.74) is 0. The largest absolute Gasteiger partial charge is 0.486 e. The number of carbonyl (C=O) groups excluding carboxylic acids is 1. The molecule has 0 bridgehead atoms. The smallest absolute Gasteiger partial charge is 0.237 e. The van der Waals surface area contributed by atoms with E-state index in [2.05, 4.69) is 10.6 Å². The molecule has 2 aliphatic heterocycles. The van der Waals surface area contributed by atoms with Gasteiger partial charge < -0.3 is 20.1 Å². The average Bonchev–Trinajstić information content (AvgIpc) is 2.99. The predicted octanol–water partition coefficient (Wildman–Crippen LogP) is 0.695. The molecule has 0 aromatic heterocycles. The van der Waals surface area contributed by atoms with E-state index in [0.717, 1.165) is 30.9 Å². The summed E-state index contributed by atoms with van der Waals surface area (Å²) in [5, 5.41) is 6.09. The monoisotopic (exact) mass is 262 g/mol. The van der Waals surface area contributed by atoms with Crippen LogP contribution in [0.15, 0.2) is 24.3 Å². The van der Waals surface area contributed by atoms with E-state index in [0.29, 0.717) is 13.2 Å². The highest BCUT2D eigenvalue weighted by molar-refractivity contribution is 5.82. The first kappa shape index (κ1) is 12.3. The van der Waals surface area contributed by atoms with Gasteiger partial charge in [0.15, 0.2) is 11.5 Å². The van der Waals surface area contributed by atoms with Crippen molar-refractivity contribution < 1.29 is 14.3 Å². The molecule has 102 valence electrons. The Hall–Kier alpha value is -1.75. The van der Waals surface area contributed by atoms with Gasteiger partial charge in [0, 0.05) is 0 Å². The summed E-state index contributed by atoms with van der Waals surface area (Å²) < 4.78 is 11.4. The van der Waals surface area contributed by atoms with E-state index < -0.39 is 0 Å². The average molecular weight is 262 g/mol. The van der Waals surface area contributed by atoms with Crippen molar-refractivity contribution in [3.8, 4) is 11.5 Å². The van der Waals surface area contributed by atoms with Crippen LogP contribution in [0.25, 0.3) is 0 Å². The normalized spacial score (nSPS) is 25.1. The summed E-state index contributed by atoms with van der Waals surface area (Å²) in [4.78, 5) is 11.9. The molecule has 19 heavy (non-hydrogen) atoms. The Kier molecular flexibility index (Phi) is 3.55. The number of nitrogens with one attached hydrogen (secondary N) is 2. The standard InChI is InChI=1S/C14H18N2O3/c17-14(11-4-3-7-15-11)16-8-10-9-18-12-5-1-2-6-13(12)19-10/h1-2,5-6,10-11,15H,3-4,7-9H2,(H,16,17). The van der Waals surface area contributed by atoms with Crippen LogP contribution in [0.4, 0.5) is 0 Å². The van der Waals surface area contributed by atoms with Crippen LogP contribution in [0.3, 0.4) is 0 Å². The Morgan fingerprint density at radius 3 is 3.00 bits per heavy atom. The predicted molar refractivity (Wildman–Crippen MR) is 70.4 cm³/mol. The van der Waals surface area contributed by atoms with Gasteiger partial charge in [-0.2, -0.15) is 0 Å². The van der Waals surface area contributed by atoms with E-state index in [1.54, 1.807) is 0 Å². The molecule has 1 aromatic carbocycles. The van der Waals surface area contributed by atoms with Gasteiger partial charge in [-0.05, 0) is 31.5 Å². The van der Waals surface area contributed by atoms with Crippen molar-refractivity contribution in [2.45, 2.75) is 25.0 Å². The van der Waals surface area contributed by atoms with Crippen LogP contribution in [0.1, 0.15) is 12.8 Å². The molecule has 0 radical (unpaired) electrons. The van der Waals surface area contributed by atoms with Crippen LogP contribution in [0.2, 0.25) is 0 Å². The maximum Gasteiger partial charge on any atom is 0.237 e. The molecular weight excluding hydrogens is 244 g/mol. The number of para-hydroxylation sites is 2. The molecule has 2 heterocycles. The Labute approximate surface area is 112 Å². The minimum absolute atomic E-state index is 0.0446. The van der Waals surface area contributed by atoms with Crippen molar-refractivity contribution in [2.24, 2.45) is 0 Å². The van der Waals surface area contributed by atoms with Crippen molar-refractivity contribution in [1.29, 1.82) is 0 Å². The molecule has 3 rings (SSSR count). The van der Waals surface area contributed by atoms with Gasteiger partial charge in [0.25, 0.3) is 0 Å². The van der Waals surface area contributed by atoms with E-state index in [4.69, 9.17) is 9.47 Å². The van der Waals surface area contributed by atoms with Crippen molar-refractivity contribution in [3.05, 3.63) is 24.3 Å². The number of ether oxygens (including phenoxy) is 2. The second-order valence-electron chi connectivity index (χ2n) is 4.89. The number of amides is 1. The first-order valence-corrected chi connectivity index (χ1v) is 6.72. The van der Waals surface area contributed by atoms with E-state index in [1.165, 1.54) is 0 Å². The van der Waals surface area contributed by atoms with Gasteiger partial charge in [0.2, 0.25) is 5.91 Å². The maximum absolute atomic E-state index is 11.9. The van der Waals surface area contributed by atoms with Crippen LogP contribution in [0, 0.1) is 0 Å². The Morgan fingerprint density at radius 1 is 1.37 bits per heavy atom. The fourth-order valence-electron chi connectivity index (χ4n) is 2.41. The first-order valence-electron chi connectivity index (χ1n) is 6.72. The molecule has 2 atom stereocenters. The van der Waals surface area contributed by atoms with E-state index in [1.807, 2.05) is 24.3 Å². The highest BCUT2D eigenvalue weighted by Gasteiger charge is 2.25. The summed E-state index contributed by atoms with van der Waals surface area (Å²) in [6.07, 6.45) is 1.85. The van der Waals surface area contributed by atoms with Crippen LogP contribution in [-0.2, 0) is 4.79 Å². The molecule has 5 nitrogen and oxygen atoms in total. The van der Waals surface area contributed by atoms with E-state index in [-0.39, 0.29) is 18.1 Å². The van der Waals surface area contributed by atoms with Gasteiger partial charge in [0.05, 0.1) is 12.6 Å². The Morgan fingerprint density at radius 2 is 2.21 bits per heavy atom. The lowest BCUT2D eigenvalue weighted by Crippen LogP contribution is -2.46. The number of carbonyl (C=O) groups is 1. The zero-order valence-electron chi connectivity index (χ0n) is 10.7. The lowest BCUT2D eigenvalue weighted by molar-refractivity contribution is -0.123. The zero-order valence-corrected chi connectivity index (χ0v) is 10.7. The van der Waals surface area contributed by atoms with Crippen LogP contribution in [0.5, 0.6) is 11.5 Å². The third kappa shape index (κ3) is 2.81. The third-order valence-corrected chi connectivity index (χ3v) is 3.45. The Bertz CT molecular complexity index is 458. The number of rotatable bonds is 3. The second-order valence-corrected chi connectivity index (χ2v) is 4.89. The first-order chi connectivity index (χ1) is 9.33. The van der Waals surface area contributed by atoms with Crippen LogP contribution < -0.4 is 20.1 Å². The molecule has 0 saturated carbocycles. The van der Waals surface area contributed by atoms with Crippen LogP contribution >= 0.6 is 0 Å². The van der Waals surface area contributed by atoms with Crippen molar-refractivity contribution in [2.75, 3.05) is 19.7 Å². The lowest BCUT2D eigenvalue weighted by atomic mass is 10.2. The molecule has 2 N–H and O–H groups in total. The minimum atomic E-state index is -0.125. The third-order valence-electron chi connectivity index (χ3n) is 3.45. The van der Waals surface area contributed by atoms with E-state index in [9.17, 15) is 4.79 Å². The molecule has 2 aliphatic rings. The van der Waals surface area contributed by atoms with Gasteiger partial charge in [-0.1, -0.05) is 12.1 Å². The SMILES string of the molecule is O=C(NCC1COc2ccccc2O1)C1CCCN1. The van der Waals surface area contributed by atoms with Crippen LogP contribution in [-0.4, -0.2) is 37.7 Å². The van der Waals surface area contributed by atoms with E-state index >= 15 is 0 Å². The molecule has 1 fully saturated rings. The fraction of sp³-hybridized carbons (Fsp3) is 0.500. The molecule has 1 saturated heterocycles. The number of benzene rings is 1. The quantitative estimate of drug-likeness (QED) is 0.841. The fourth-order valence-corrected chi connectivity index (χ4v) is 2.41. The summed E-state index contributed by atoms with van der Waals surface area (Å²) >= 11 is 0. The topological polar surface area (TPSA) is 59.6 Å². The highest BCUT2D eigenvalue weighted by Crippen LogP contribution is 2.30. The molecule has 0 aliphatic carbocycles.